The summed E-state index contributed by atoms with van der Waals surface area (Å²) < 4.78 is 27.6. The Bertz CT molecular complexity index is 857. The van der Waals surface area contributed by atoms with Crippen molar-refractivity contribution in [1.29, 1.82) is 0 Å². The molecule has 1 unspecified atom stereocenters. The highest BCUT2D eigenvalue weighted by atomic mass is 19.1. The van der Waals surface area contributed by atoms with E-state index in [4.69, 9.17) is 5.11 Å². The van der Waals surface area contributed by atoms with Crippen LogP contribution in [0.25, 0.3) is 11.1 Å². The van der Waals surface area contributed by atoms with Crippen molar-refractivity contribution in [2.75, 3.05) is 26.2 Å². The van der Waals surface area contributed by atoms with Crippen LogP contribution in [-0.4, -0.2) is 48.4 Å². The summed E-state index contributed by atoms with van der Waals surface area (Å²) in [4.78, 5) is 13.2. The molecule has 0 spiro atoms. The topological polar surface area (TPSA) is 64.9 Å². The minimum atomic E-state index is -0.739. The predicted octanol–water partition coefficient (Wildman–Crippen LogP) is 3.35. The molecule has 0 aromatic heterocycles. The fourth-order valence-electron chi connectivity index (χ4n) is 3.41. The van der Waals surface area contributed by atoms with E-state index in [1.165, 1.54) is 6.07 Å². The van der Waals surface area contributed by atoms with E-state index in [0.29, 0.717) is 30.8 Å². The van der Waals surface area contributed by atoms with Gasteiger partial charge in [-0.25, -0.2) is 8.78 Å². The summed E-state index contributed by atoms with van der Waals surface area (Å²) in [6.45, 7) is 2.71. The Kier molecular flexibility index (Phi) is 6.71. The van der Waals surface area contributed by atoms with E-state index in [1.54, 1.807) is 24.4 Å². The highest BCUT2D eigenvalue weighted by molar-refractivity contribution is 5.90. The normalized spacial score (nSPS) is 17.7. The van der Waals surface area contributed by atoms with Crippen LogP contribution in [0.1, 0.15) is 18.4 Å². The largest absolute Gasteiger partial charge is 0.481 e. The molecule has 1 aliphatic heterocycles. The first-order valence-corrected chi connectivity index (χ1v) is 9.30. The number of carbonyl (C=O) groups is 1. The van der Waals surface area contributed by atoms with Crippen LogP contribution < -0.4 is 5.43 Å². The number of carboxylic acid groups (broad SMARTS) is 1. The number of hydrogen-bond acceptors (Lipinski definition) is 4. The van der Waals surface area contributed by atoms with Crippen molar-refractivity contribution in [3.8, 4) is 11.1 Å². The fourth-order valence-corrected chi connectivity index (χ4v) is 3.41. The molecule has 1 aliphatic rings. The number of halogens is 2. The Morgan fingerprint density at radius 1 is 1.25 bits per heavy atom. The van der Waals surface area contributed by atoms with Crippen molar-refractivity contribution >= 4 is 12.2 Å². The van der Waals surface area contributed by atoms with Crippen LogP contribution in [0, 0.1) is 17.6 Å². The molecule has 2 N–H and O–H groups in total. The van der Waals surface area contributed by atoms with E-state index in [2.05, 4.69) is 15.4 Å². The molecule has 0 aliphatic carbocycles. The van der Waals surface area contributed by atoms with E-state index < -0.39 is 17.6 Å². The van der Waals surface area contributed by atoms with Gasteiger partial charge in [0.05, 0.1) is 12.1 Å². The molecule has 0 radical (unpaired) electrons. The van der Waals surface area contributed by atoms with Gasteiger partial charge in [0, 0.05) is 30.8 Å². The highest BCUT2D eigenvalue weighted by Crippen LogP contribution is 2.26. The van der Waals surface area contributed by atoms with E-state index in [-0.39, 0.29) is 11.5 Å². The van der Waals surface area contributed by atoms with Crippen LogP contribution >= 0.6 is 0 Å². The Balaban J connectivity index is 1.58. The number of rotatable bonds is 7. The molecule has 1 atom stereocenters. The average Bonchev–Trinajstić information content (AvgIpc) is 2.70. The maximum absolute atomic E-state index is 14.1. The molecule has 0 amide bonds. The second-order valence-electron chi connectivity index (χ2n) is 6.86. The monoisotopic (exact) mass is 387 g/mol. The zero-order chi connectivity index (χ0) is 19.9. The summed E-state index contributed by atoms with van der Waals surface area (Å²) in [6.07, 6.45) is 3.19. The summed E-state index contributed by atoms with van der Waals surface area (Å²) in [5, 5.41) is 13.3. The molecule has 1 fully saturated rings. The number of hydrazone groups is 1. The van der Waals surface area contributed by atoms with Crippen molar-refractivity contribution in [3.63, 3.8) is 0 Å². The fraction of sp³-hybridized carbons (Fsp3) is 0.333. The molecule has 148 valence electrons. The molecular weight excluding hydrogens is 364 g/mol. The molecule has 0 saturated carbocycles. The third kappa shape index (κ3) is 5.13. The molecule has 5 nitrogen and oxygen atoms in total. The van der Waals surface area contributed by atoms with Gasteiger partial charge >= 0.3 is 5.97 Å². The Labute approximate surface area is 162 Å². The lowest BCUT2D eigenvalue weighted by Crippen LogP contribution is -2.41. The number of piperidine rings is 1. The molecule has 2 aromatic rings. The van der Waals surface area contributed by atoms with Gasteiger partial charge in [0.1, 0.15) is 11.6 Å². The van der Waals surface area contributed by atoms with Gasteiger partial charge in [-0.2, -0.15) is 5.10 Å². The lowest BCUT2D eigenvalue weighted by molar-refractivity contribution is -0.143. The number of nitrogens with zero attached hydrogens (tertiary/aromatic N) is 2. The van der Waals surface area contributed by atoms with Crippen molar-refractivity contribution in [3.05, 3.63) is 59.7 Å². The number of benzene rings is 2. The zero-order valence-electron chi connectivity index (χ0n) is 15.4. The van der Waals surface area contributed by atoms with Crippen LogP contribution in [0.3, 0.4) is 0 Å². The van der Waals surface area contributed by atoms with E-state index in [0.717, 1.165) is 31.5 Å². The first-order chi connectivity index (χ1) is 13.5. The lowest BCUT2D eigenvalue weighted by Gasteiger charge is -2.30. The lowest BCUT2D eigenvalue weighted by atomic mass is 9.98. The van der Waals surface area contributed by atoms with Gasteiger partial charge in [0.15, 0.2) is 0 Å². The van der Waals surface area contributed by atoms with Gasteiger partial charge in [-0.15, -0.1) is 0 Å². The second kappa shape index (κ2) is 9.41. The van der Waals surface area contributed by atoms with Gasteiger partial charge in [-0.05, 0) is 43.1 Å². The number of carboxylic acids is 1. The average molecular weight is 387 g/mol. The van der Waals surface area contributed by atoms with Gasteiger partial charge in [0.2, 0.25) is 0 Å². The highest BCUT2D eigenvalue weighted by Gasteiger charge is 2.24. The quantitative estimate of drug-likeness (QED) is 0.434. The van der Waals surface area contributed by atoms with Crippen molar-refractivity contribution in [2.24, 2.45) is 11.0 Å². The molecule has 0 bridgehead atoms. The van der Waals surface area contributed by atoms with Crippen molar-refractivity contribution in [2.45, 2.75) is 12.8 Å². The Morgan fingerprint density at radius 2 is 2.07 bits per heavy atom. The van der Waals surface area contributed by atoms with Crippen LogP contribution in [0.5, 0.6) is 0 Å². The Morgan fingerprint density at radius 3 is 2.89 bits per heavy atom. The maximum Gasteiger partial charge on any atom is 0.307 e. The molecule has 3 rings (SSSR count). The first-order valence-electron chi connectivity index (χ1n) is 9.30. The minimum absolute atomic E-state index is 0.190. The second-order valence-corrected chi connectivity index (χ2v) is 6.86. The summed E-state index contributed by atoms with van der Waals surface area (Å²) in [6, 6.07) is 10.4. The van der Waals surface area contributed by atoms with Crippen LogP contribution in [0.4, 0.5) is 8.78 Å². The number of nitrogens with one attached hydrogen (secondary N) is 1. The SMILES string of the molecule is O=C(O)C1CCCN(CCN/N=C/c2ccccc2-c2cc(F)ccc2F)C1. The smallest absolute Gasteiger partial charge is 0.307 e. The van der Waals surface area contributed by atoms with Crippen LogP contribution in [0.2, 0.25) is 0 Å². The molecule has 1 heterocycles. The third-order valence-corrected chi connectivity index (χ3v) is 4.87. The summed E-state index contributed by atoms with van der Waals surface area (Å²) >= 11 is 0. The van der Waals surface area contributed by atoms with Crippen molar-refractivity contribution in [1.82, 2.24) is 10.3 Å². The van der Waals surface area contributed by atoms with Gasteiger partial charge < -0.3 is 15.4 Å². The first kappa shape index (κ1) is 19.9. The van der Waals surface area contributed by atoms with E-state index in [9.17, 15) is 13.6 Å². The molecule has 2 aromatic carbocycles. The van der Waals surface area contributed by atoms with Gasteiger partial charge in [-0.3, -0.25) is 4.79 Å². The molecule has 7 heteroatoms. The molecule has 1 saturated heterocycles. The minimum Gasteiger partial charge on any atom is -0.481 e. The van der Waals surface area contributed by atoms with Crippen molar-refractivity contribution < 1.29 is 18.7 Å². The summed E-state index contributed by atoms with van der Waals surface area (Å²) in [5.74, 6) is -2.03. The van der Waals surface area contributed by atoms with Gasteiger partial charge in [-0.1, -0.05) is 24.3 Å². The molecular formula is C21H23F2N3O2. The standard InChI is InChI=1S/C21H23F2N3O2/c22-17-7-8-20(23)19(12-17)18-6-2-1-4-15(18)13-25-24-9-11-26-10-3-5-16(14-26)21(27)28/h1-2,4,6-8,12-13,16,24H,3,5,9-11,14H2,(H,27,28)/b25-13+. The maximum atomic E-state index is 14.1. The summed E-state index contributed by atoms with van der Waals surface area (Å²) in [7, 11) is 0. The van der Waals surface area contributed by atoms with Crippen LogP contribution in [-0.2, 0) is 4.79 Å². The number of hydrogen-bond donors (Lipinski definition) is 2. The van der Waals surface area contributed by atoms with E-state index in [1.807, 2.05) is 6.07 Å². The summed E-state index contributed by atoms with van der Waals surface area (Å²) in [5.41, 5.74) is 4.36. The van der Waals surface area contributed by atoms with Crippen LogP contribution in [0.15, 0.2) is 47.6 Å². The Hall–Kier alpha value is -2.80. The third-order valence-electron chi connectivity index (χ3n) is 4.87. The zero-order valence-corrected chi connectivity index (χ0v) is 15.4. The van der Waals surface area contributed by atoms with E-state index >= 15 is 0 Å². The number of aliphatic carboxylic acids is 1. The predicted molar refractivity (Wildman–Crippen MR) is 104 cm³/mol. The molecule has 28 heavy (non-hydrogen) atoms. The van der Waals surface area contributed by atoms with Gasteiger partial charge in [0.25, 0.3) is 0 Å². The number of likely N-dealkylation sites (tertiary alicyclic amines) is 1.